The second-order valence-electron chi connectivity index (χ2n) is 6.45. The summed E-state index contributed by atoms with van der Waals surface area (Å²) in [7, 11) is 0. The number of carbonyl (C=O) groups excluding carboxylic acids is 2. The number of ether oxygens (including phenoxy) is 1. The van der Waals surface area contributed by atoms with Gasteiger partial charge in [-0.25, -0.2) is 10.2 Å². The highest BCUT2D eigenvalue weighted by molar-refractivity contribution is 6.33. The Hall–Kier alpha value is -3.64. The molecule has 7 heteroatoms. The third kappa shape index (κ3) is 6.18. The summed E-state index contributed by atoms with van der Waals surface area (Å²) in [5, 5.41) is 7.30. The summed E-state index contributed by atoms with van der Waals surface area (Å²) in [5.74, 6) is -0.420. The minimum absolute atomic E-state index is 0.109. The van der Waals surface area contributed by atoms with Gasteiger partial charge in [0.1, 0.15) is 5.75 Å². The average molecular weight is 422 g/mol. The number of rotatable bonds is 7. The second kappa shape index (κ2) is 10.2. The number of anilines is 1. The number of carbonyl (C=O) groups is 2. The molecule has 0 aromatic heterocycles. The molecular formula is C23H20ClN3O3. The van der Waals surface area contributed by atoms with E-state index in [-0.39, 0.29) is 12.5 Å². The van der Waals surface area contributed by atoms with Crippen LogP contribution in [0.5, 0.6) is 5.75 Å². The zero-order chi connectivity index (χ0) is 21.3. The summed E-state index contributed by atoms with van der Waals surface area (Å²) in [4.78, 5) is 24.0. The van der Waals surface area contributed by atoms with E-state index in [2.05, 4.69) is 15.8 Å². The van der Waals surface area contributed by atoms with Crippen LogP contribution in [0, 0.1) is 6.92 Å². The molecule has 3 rings (SSSR count). The lowest BCUT2D eigenvalue weighted by Crippen LogP contribution is -2.25. The Morgan fingerprint density at radius 3 is 2.53 bits per heavy atom. The van der Waals surface area contributed by atoms with Crippen LogP contribution in [0.1, 0.15) is 21.5 Å². The molecule has 3 aromatic rings. The highest BCUT2D eigenvalue weighted by Gasteiger charge is 2.11. The number of aryl methyl sites for hydroxylation is 1. The van der Waals surface area contributed by atoms with E-state index in [0.717, 1.165) is 16.8 Å². The Balaban J connectivity index is 1.48. The minimum atomic E-state index is -0.532. The summed E-state index contributed by atoms with van der Waals surface area (Å²) in [5.41, 5.74) is 5.47. The lowest BCUT2D eigenvalue weighted by molar-refractivity contribution is -0.119. The van der Waals surface area contributed by atoms with Gasteiger partial charge >= 0.3 is 5.97 Å². The van der Waals surface area contributed by atoms with Crippen molar-refractivity contribution in [3.8, 4) is 5.75 Å². The molecule has 30 heavy (non-hydrogen) atoms. The zero-order valence-electron chi connectivity index (χ0n) is 16.3. The molecule has 0 heterocycles. The van der Waals surface area contributed by atoms with Gasteiger partial charge in [-0.15, -0.1) is 0 Å². The summed E-state index contributed by atoms with van der Waals surface area (Å²) in [6.07, 6.45) is 1.50. The predicted octanol–water partition coefficient (Wildman–Crippen LogP) is 4.43. The minimum Gasteiger partial charge on any atom is -0.423 e. The number of amides is 1. The standard InChI is InChI=1S/C23H20ClN3O3/c1-16-5-4-6-18(13-16)25-15-22(28)27-26-14-17-9-11-19(12-10-17)30-23(29)20-7-2-3-8-21(20)24/h2-14,25H,15H2,1H3,(H,27,28). The monoisotopic (exact) mass is 421 g/mol. The van der Waals surface area contributed by atoms with Gasteiger partial charge in [0, 0.05) is 5.69 Å². The van der Waals surface area contributed by atoms with Crippen LogP contribution in [0.25, 0.3) is 0 Å². The topological polar surface area (TPSA) is 79.8 Å². The van der Waals surface area contributed by atoms with Crippen molar-refractivity contribution in [2.24, 2.45) is 5.10 Å². The summed E-state index contributed by atoms with van der Waals surface area (Å²) >= 11 is 6.00. The third-order valence-electron chi connectivity index (χ3n) is 4.06. The first kappa shape index (κ1) is 21.1. The molecule has 0 unspecified atom stereocenters. The van der Waals surface area contributed by atoms with Crippen molar-refractivity contribution in [2.45, 2.75) is 6.92 Å². The van der Waals surface area contributed by atoms with Crippen molar-refractivity contribution in [3.05, 3.63) is 94.5 Å². The molecule has 1 amide bonds. The van der Waals surface area contributed by atoms with Gasteiger partial charge in [0.15, 0.2) is 0 Å². The number of hydrazone groups is 1. The van der Waals surface area contributed by atoms with Gasteiger partial charge in [-0.1, -0.05) is 35.9 Å². The molecule has 0 saturated heterocycles. The quantitative estimate of drug-likeness (QED) is 0.256. The number of nitrogens with zero attached hydrogens (tertiary/aromatic N) is 1. The summed E-state index contributed by atoms with van der Waals surface area (Å²) in [6, 6.07) is 21.1. The van der Waals surface area contributed by atoms with Crippen LogP contribution in [0.15, 0.2) is 77.9 Å². The van der Waals surface area contributed by atoms with Crippen LogP contribution in [-0.2, 0) is 4.79 Å². The lowest BCUT2D eigenvalue weighted by Gasteiger charge is -2.06. The number of nitrogens with one attached hydrogen (secondary N) is 2. The molecule has 0 fully saturated rings. The molecule has 0 spiro atoms. The van der Waals surface area contributed by atoms with Gasteiger partial charge < -0.3 is 10.1 Å². The Bertz CT molecular complexity index is 1070. The summed E-state index contributed by atoms with van der Waals surface area (Å²) in [6.45, 7) is 2.09. The smallest absolute Gasteiger partial charge is 0.345 e. The van der Waals surface area contributed by atoms with Crippen molar-refractivity contribution in [1.29, 1.82) is 0 Å². The molecule has 0 aliphatic rings. The summed E-state index contributed by atoms with van der Waals surface area (Å²) < 4.78 is 5.32. The molecule has 3 aromatic carbocycles. The fraction of sp³-hybridized carbons (Fsp3) is 0.0870. The van der Waals surface area contributed by atoms with E-state index in [1.54, 1.807) is 48.5 Å². The maximum Gasteiger partial charge on any atom is 0.345 e. The maximum absolute atomic E-state index is 12.2. The SMILES string of the molecule is Cc1cccc(NCC(=O)NN=Cc2ccc(OC(=O)c3ccccc3Cl)cc2)c1. The normalized spacial score (nSPS) is 10.6. The molecule has 152 valence electrons. The van der Waals surface area contributed by atoms with E-state index >= 15 is 0 Å². The van der Waals surface area contributed by atoms with Crippen molar-refractivity contribution >= 4 is 35.4 Å². The van der Waals surface area contributed by atoms with Gasteiger partial charge in [-0.3, -0.25) is 4.79 Å². The Morgan fingerprint density at radius 2 is 1.80 bits per heavy atom. The van der Waals surface area contributed by atoms with Crippen LogP contribution in [0.4, 0.5) is 5.69 Å². The number of halogens is 1. The fourth-order valence-corrected chi connectivity index (χ4v) is 2.78. The molecule has 2 N–H and O–H groups in total. The van der Waals surface area contributed by atoms with Crippen molar-refractivity contribution in [3.63, 3.8) is 0 Å². The first-order chi connectivity index (χ1) is 14.5. The molecule has 0 saturated carbocycles. The number of esters is 1. The van der Waals surface area contributed by atoms with Crippen molar-refractivity contribution in [2.75, 3.05) is 11.9 Å². The molecule has 6 nitrogen and oxygen atoms in total. The van der Waals surface area contributed by atoms with Gasteiger partial charge in [-0.05, 0) is 66.6 Å². The van der Waals surface area contributed by atoms with E-state index < -0.39 is 5.97 Å². The van der Waals surface area contributed by atoms with Crippen molar-refractivity contribution < 1.29 is 14.3 Å². The van der Waals surface area contributed by atoms with Crippen LogP contribution >= 0.6 is 11.6 Å². The average Bonchev–Trinajstić information content (AvgIpc) is 2.74. The highest BCUT2D eigenvalue weighted by Crippen LogP contribution is 2.19. The van der Waals surface area contributed by atoms with Gasteiger partial charge in [0.2, 0.25) is 0 Å². The molecule has 0 aliphatic carbocycles. The van der Waals surface area contributed by atoms with E-state index in [1.807, 2.05) is 31.2 Å². The Kier molecular flexibility index (Phi) is 7.19. The first-order valence-corrected chi connectivity index (χ1v) is 9.58. The fourth-order valence-electron chi connectivity index (χ4n) is 2.57. The predicted molar refractivity (Wildman–Crippen MR) is 118 cm³/mol. The highest BCUT2D eigenvalue weighted by atomic mass is 35.5. The van der Waals surface area contributed by atoms with Crippen molar-refractivity contribution in [1.82, 2.24) is 5.43 Å². The van der Waals surface area contributed by atoms with Crippen LogP contribution < -0.4 is 15.5 Å². The largest absolute Gasteiger partial charge is 0.423 e. The molecule has 0 atom stereocenters. The number of hydrogen-bond donors (Lipinski definition) is 2. The molecule has 0 radical (unpaired) electrons. The first-order valence-electron chi connectivity index (χ1n) is 9.20. The Morgan fingerprint density at radius 1 is 1.03 bits per heavy atom. The molecule has 0 bridgehead atoms. The van der Waals surface area contributed by atoms with Crippen LogP contribution in [-0.4, -0.2) is 24.6 Å². The Labute approximate surface area is 179 Å². The number of hydrogen-bond acceptors (Lipinski definition) is 5. The maximum atomic E-state index is 12.2. The van der Waals surface area contributed by atoms with Gasteiger partial charge in [0.05, 0.1) is 23.3 Å². The molecule has 0 aliphatic heterocycles. The third-order valence-corrected chi connectivity index (χ3v) is 4.39. The lowest BCUT2D eigenvalue weighted by atomic mass is 10.2. The van der Waals surface area contributed by atoms with E-state index in [1.165, 1.54) is 6.21 Å². The van der Waals surface area contributed by atoms with E-state index in [4.69, 9.17) is 16.3 Å². The van der Waals surface area contributed by atoms with Crippen LogP contribution in [0.2, 0.25) is 5.02 Å². The zero-order valence-corrected chi connectivity index (χ0v) is 17.0. The second-order valence-corrected chi connectivity index (χ2v) is 6.86. The van der Waals surface area contributed by atoms with E-state index in [0.29, 0.717) is 16.3 Å². The van der Waals surface area contributed by atoms with Crippen LogP contribution in [0.3, 0.4) is 0 Å². The number of benzene rings is 3. The van der Waals surface area contributed by atoms with E-state index in [9.17, 15) is 9.59 Å². The van der Waals surface area contributed by atoms with Gasteiger partial charge in [0.25, 0.3) is 5.91 Å². The van der Waals surface area contributed by atoms with Gasteiger partial charge in [-0.2, -0.15) is 5.10 Å². The molecular weight excluding hydrogens is 402 g/mol.